The zero-order chi connectivity index (χ0) is 20.8. The van der Waals surface area contributed by atoms with Crippen molar-refractivity contribution in [3.8, 4) is 0 Å². The van der Waals surface area contributed by atoms with Crippen molar-refractivity contribution in [1.29, 1.82) is 0 Å². The minimum absolute atomic E-state index is 0.104. The second kappa shape index (κ2) is 7.76. The van der Waals surface area contributed by atoms with E-state index < -0.39 is 0 Å². The van der Waals surface area contributed by atoms with Gasteiger partial charge in [0.05, 0.1) is 34.8 Å². The van der Waals surface area contributed by atoms with Gasteiger partial charge in [-0.3, -0.25) is 13.9 Å². The van der Waals surface area contributed by atoms with Crippen molar-refractivity contribution in [1.82, 2.24) is 9.13 Å². The predicted octanol–water partition coefficient (Wildman–Crippen LogP) is 5.10. The zero-order valence-corrected chi connectivity index (χ0v) is 18.3. The van der Waals surface area contributed by atoms with E-state index >= 15 is 0 Å². The standard InChI is InChI=1S/C22H18Cl2N2O3S/c23-16-8-7-13(10-17(16)24)11-26-21-19(15-5-1-2-6-18(15)30-21)20(27)25(22(26)28)12-14-4-3-9-29-14/h3-4,7-10H,1-2,5-6,11-12H2. The third-order valence-corrected chi connectivity index (χ3v) is 7.59. The van der Waals surface area contributed by atoms with Crippen molar-refractivity contribution < 1.29 is 4.42 Å². The molecule has 0 saturated carbocycles. The molecule has 8 heteroatoms. The van der Waals surface area contributed by atoms with Crippen LogP contribution < -0.4 is 11.2 Å². The highest BCUT2D eigenvalue weighted by Crippen LogP contribution is 2.34. The molecule has 3 heterocycles. The molecule has 5 rings (SSSR count). The Kier molecular flexibility index (Phi) is 5.09. The second-order valence-corrected chi connectivity index (χ2v) is 9.38. The van der Waals surface area contributed by atoms with Crippen LogP contribution in [0.5, 0.6) is 0 Å². The van der Waals surface area contributed by atoms with Crippen LogP contribution in [-0.4, -0.2) is 9.13 Å². The van der Waals surface area contributed by atoms with E-state index in [0.29, 0.717) is 27.7 Å². The molecular weight excluding hydrogens is 443 g/mol. The quantitative estimate of drug-likeness (QED) is 0.425. The average Bonchev–Trinajstić information content (AvgIpc) is 3.38. The Balaban J connectivity index is 1.75. The molecule has 0 fully saturated rings. The normalized spacial score (nSPS) is 13.7. The smallest absolute Gasteiger partial charge is 0.332 e. The van der Waals surface area contributed by atoms with Crippen LogP contribution in [0.4, 0.5) is 0 Å². The zero-order valence-electron chi connectivity index (χ0n) is 16.0. The Labute approximate surface area is 186 Å². The van der Waals surface area contributed by atoms with Gasteiger partial charge in [-0.15, -0.1) is 11.3 Å². The van der Waals surface area contributed by atoms with Crippen molar-refractivity contribution in [2.45, 2.75) is 38.8 Å². The molecule has 0 bridgehead atoms. The van der Waals surface area contributed by atoms with Gasteiger partial charge in [0.1, 0.15) is 10.6 Å². The number of hydrogen-bond acceptors (Lipinski definition) is 4. The van der Waals surface area contributed by atoms with Gasteiger partial charge in [0.2, 0.25) is 0 Å². The largest absolute Gasteiger partial charge is 0.467 e. The maximum Gasteiger partial charge on any atom is 0.332 e. The molecule has 154 valence electrons. The predicted molar refractivity (Wildman–Crippen MR) is 120 cm³/mol. The molecule has 0 amide bonds. The molecule has 0 spiro atoms. The van der Waals surface area contributed by atoms with Crippen LogP contribution in [0.3, 0.4) is 0 Å². The van der Waals surface area contributed by atoms with Gasteiger partial charge < -0.3 is 4.42 Å². The Hall–Kier alpha value is -2.28. The molecule has 0 N–H and O–H groups in total. The lowest BCUT2D eigenvalue weighted by Gasteiger charge is -2.13. The van der Waals surface area contributed by atoms with Gasteiger partial charge in [-0.25, -0.2) is 4.79 Å². The molecule has 1 aliphatic carbocycles. The number of rotatable bonds is 4. The van der Waals surface area contributed by atoms with Crippen LogP contribution in [-0.2, 0) is 25.9 Å². The molecule has 5 nitrogen and oxygen atoms in total. The summed E-state index contributed by atoms with van der Waals surface area (Å²) in [6.07, 6.45) is 5.53. The molecule has 3 aromatic heterocycles. The van der Waals surface area contributed by atoms with Crippen LogP contribution in [0.25, 0.3) is 10.2 Å². The number of hydrogen-bond donors (Lipinski definition) is 0. The van der Waals surface area contributed by atoms with Crippen molar-refractivity contribution in [2.75, 3.05) is 0 Å². The SMILES string of the molecule is O=c1c2c3c(sc2n(Cc2ccc(Cl)c(Cl)c2)c(=O)n1Cc1ccco1)CCCC3. The van der Waals surface area contributed by atoms with E-state index in [9.17, 15) is 9.59 Å². The summed E-state index contributed by atoms with van der Waals surface area (Å²) in [5, 5.41) is 1.57. The maximum absolute atomic E-state index is 13.4. The lowest BCUT2D eigenvalue weighted by atomic mass is 9.97. The Morgan fingerprint density at radius 1 is 1.00 bits per heavy atom. The summed E-state index contributed by atoms with van der Waals surface area (Å²) in [4.78, 5) is 28.8. The van der Waals surface area contributed by atoms with Gasteiger partial charge in [-0.1, -0.05) is 29.3 Å². The van der Waals surface area contributed by atoms with E-state index in [0.717, 1.165) is 41.6 Å². The van der Waals surface area contributed by atoms with Gasteiger partial charge >= 0.3 is 5.69 Å². The van der Waals surface area contributed by atoms with Crippen molar-refractivity contribution in [3.63, 3.8) is 0 Å². The van der Waals surface area contributed by atoms with Crippen LogP contribution in [0.15, 0.2) is 50.6 Å². The van der Waals surface area contributed by atoms with E-state index in [1.807, 2.05) is 6.07 Å². The number of fused-ring (bicyclic) bond motifs is 3. The number of halogens is 2. The summed E-state index contributed by atoms with van der Waals surface area (Å²) in [5.41, 5.74) is 1.36. The summed E-state index contributed by atoms with van der Waals surface area (Å²) < 4.78 is 8.36. The molecule has 0 radical (unpaired) electrons. The minimum atomic E-state index is -0.353. The summed E-state index contributed by atoms with van der Waals surface area (Å²) >= 11 is 13.8. The number of aryl methyl sites for hydroxylation is 2. The molecule has 1 aliphatic rings. The number of benzene rings is 1. The van der Waals surface area contributed by atoms with E-state index in [-0.39, 0.29) is 17.8 Å². The molecule has 30 heavy (non-hydrogen) atoms. The van der Waals surface area contributed by atoms with Crippen LogP contribution in [0.2, 0.25) is 10.0 Å². The lowest BCUT2D eigenvalue weighted by molar-refractivity contribution is 0.479. The number of furan rings is 1. The molecule has 4 aromatic rings. The fourth-order valence-corrected chi connectivity index (χ4v) is 5.77. The highest BCUT2D eigenvalue weighted by molar-refractivity contribution is 7.18. The first-order chi connectivity index (χ1) is 14.5. The van der Waals surface area contributed by atoms with E-state index in [2.05, 4.69) is 0 Å². The topological polar surface area (TPSA) is 57.1 Å². The Morgan fingerprint density at radius 3 is 2.60 bits per heavy atom. The van der Waals surface area contributed by atoms with Crippen molar-refractivity contribution in [3.05, 3.63) is 89.2 Å². The highest BCUT2D eigenvalue weighted by Gasteiger charge is 2.24. The highest BCUT2D eigenvalue weighted by atomic mass is 35.5. The molecule has 0 saturated heterocycles. The summed E-state index contributed by atoms with van der Waals surface area (Å²) in [6.45, 7) is 0.413. The summed E-state index contributed by atoms with van der Waals surface area (Å²) in [5.74, 6) is 0.568. The van der Waals surface area contributed by atoms with Crippen molar-refractivity contribution >= 4 is 44.8 Å². The second-order valence-electron chi connectivity index (χ2n) is 7.48. The fourth-order valence-electron chi connectivity index (χ4n) is 4.07. The van der Waals surface area contributed by atoms with Gasteiger partial charge in [0, 0.05) is 4.88 Å². The van der Waals surface area contributed by atoms with Gasteiger partial charge in [0.25, 0.3) is 5.56 Å². The average molecular weight is 461 g/mol. The molecule has 0 aliphatic heterocycles. The molecule has 0 atom stereocenters. The molecular formula is C22H18Cl2N2O3S. The number of aromatic nitrogens is 2. The first kappa shape index (κ1) is 19.7. The fraction of sp³-hybridized carbons (Fsp3) is 0.273. The van der Waals surface area contributed by atoms with E-state index in [4.69, 9.17) is 27.6 Å². The Bertz CT molecular complexity index is 1370. The molecule has 0 unspecified atom stereocenters. The van der Waals surface area contributed by atoms with Crippen molar-refractivity contribution in [2.24, 2.45) is 0 Å². The monoisotopic (exact) mass is 460 g/mol. The first-order valence-corrected chi connectivity index (χ1v) is 11.3. The summed E-state index contributed by atoms with van der Waals surface area (Å²) in [7, 11) is 0. The number of nitrogens with zero attached hydrogens (tertiary/aromatic N) is 2. The lowest BCUT2D eigenvalue weighted by Crippen LogP contribution is -2.40. The third-order valence-electron chi connectivity index (χ3n) is 5.54. The van der Waals surface area contributed by atoms with Crippen LogP contribution in [0.1, 0.15) is 34.6 Å². The van der Waals surface area contributed by atoms with Gasteiger partial charge in [-0.2, -0.15) is 0 Å². The van der Waals surface area contributed by atoms with Crippen LogP contribution >= 0.6 is 34.5 Å². The third kappa shape index (κ3) is 3.33. The molecule has 1 aromatic carbocycles. The van der Waals surface area contributed by atoms with Gasteiger partial charge in [-0.05, 0) is 61.1 Å². The van der Waals surface area contributed by atoms with E-state index in [1.165, 1.54) is 9.44 Å². The summed E-state index contributed by atoms with van der Waals surface area (Å²) in [6, 6.07) is 8.85. The Morgan fingerprint density at radius 2 is 1.83 bits per heavy atom. The maximum atomic E-state index is 13.4. The van der Waals surface area contributed by atoms with E-state index in [1.54, 1.807) is 46.4 Å². The first-order valence-electron chi connectivity index (χ1n) is 9.77. The number of thiophene rings is 1. The van der Waals surface area contributed by atoms with Crippen LogP contribution in [0, 0.1) is 0 Å². The minimum Gasteiger partial charge on any atom is -0.467 e. The van der Waals surface area contributed by atoms with Gasteiger partial charge in [0.15, 0.2) is 0 Å².